The van der Waals surface area contributed by atoms with Crippen molar-refractivity contribution in [2.45, 2.75) is 25.1 Å². The van der Waals surface area contributed by atoms with Gasteiger partial charge in [0.05, 0.1) is 19.8 Å². The number of alkyl halides is 1. The molecular weight excluding hydrogens is 290 g/mol. The van der Waals surface area contributed by atoms with Crippen LogP contribution in [0.1, 0.15) is 30.1 Å². The first-order valence-electron chi connectivity index (χ1n) is 7.22. The Labute approximate surface area is 131 Å². The molecule has 1 atom stereocenters. The molecule has 1 fully saturated rings. The van der Waals surface area contributed by atoms with Crippen molar-refractivity contribution in [1.29, 1.82) is 0 Å². The minimum Gasteiger partial charge on any atom is -0.493 e. The summed E-state index contributed by atoms with van der Waals surface area (Å²) < 4.78 is 10.6. The Balaban J connectivity index is 2.14. The Bertz CT molecular complexity index is 496. The highest BCUT2D eigenvalue weighted by atomic mass is 35.5. The maximum atomic E-state index is 12.7. The van der Waals surface area contributed by atoms with Gasteiger partial charge in [-0.15, -0.1) is 11.6 Å². The molecule has 1 aliphatic heterocycles. The molecule has 0 N–H and O–H groups in total. The maximum Gasteiger partial charge on any atom is 0.257 e. The normalized spacial score (nSPS) is 17.4. The third-order valence-corrected chi connectivity index (χ3v) is 4.47. The number of ether oxygens (including phenoxy) is 2. The fourth-order valence-electron chi connectivity index (χ4n) is 2.79. The van der Waals surface area contributed by atoms with Crippen LogP contribution in [-0.4, -0.2) is 43.5 Å². The van der Waals surface area contributed by atoms with Gasteiger partial charge in [-0.3, -0.25) is 4.79 Å². The van der Waals surface area contributed by atoms with E-state index < -0.39 is 0 Å². The number of methoxy groups -OCH3 is 2. The number of para-hydroxylation sites is 1. The number of rotatable bonds is 4. The van der Waals surface area contributed by atoms with Gasteiger partial charge >= 0.3 is 0 Å². The monoisotopic (exact) mass is 311 g/mol. The van der Waals surface area contributed by atoms with Gasteiger partial charge in [0.15, 0.2) is 11.5 Å². The lowest BCUT2D eigenvalue weighted by atomic mass is 9.93. The molecule has 1 aromatic carbocycles. The number of halogens is 1. The first-order chi connectivity index (χ1) is 10.1. The molecule has 1 aromatic rings. The molecule has 1 heterocycles. The van der Waals surface area contributed by atoms with Crippen molar-refractivity contribution in [3.05, 3.63) is 23.8 Å². The smallest absolute Gasteiger partial charge is 0.257 e. The number of benzene rings is 1. The van der Waals surface area contributed by atoms with Gasteiger partial charge in [-0.2, -0.15) is 0 Å². The summed E-state index contributed by atoms with van der Waals surface area (Å²) >= 11 is 6.15. The summed E-state index contributed by atoms with van der Waals surface area (Å²) in [5.74, 6) is 1.56. The average molecular weight is 312 g/mol. The molecule has 0 aliphatic carbocycles. The second-order valence-electron chi connectivity index (χ2n) is 5.35. The van der Waals surface area contributed by atoms with Crippen LogP contribution in [0.25, 0.3) is 0 Å². The van der Waals surface area contributed by atoms with Crippen molar-refractivity contribution >= 4 is 17.5 Å². The van der Waals surface area contributed by atoms with Crippen LogP contribution in [-0.2, 0) is 0 Å². The summed E-state index contributed by atoms with van der Waals surface area (Å²) in [5, 5.41) is 0.161. The van der Waals surface area contributed by atoms with E-state index in [9.17, 15) is 4.79 Å². The molecule has 1 saturated heterocycles. The first kappa shape index (κ1) is 16.0. The highest BCUT2D eigenvalue weighted by Crippen LogP contribution is 2.32. The third kappa shape index (κ3) is 3.43. The fourth-order valence-corrected chi connectivity index (χ4v) is 3.04. The van der Waals surface area contributed by atoms with Gasteiger partial charge in [-0.25, -0.2) is 0 Å². The molecule has 21 heavy (non-hydrogen) atoms. The Hall–Kier alpha value is -1.42. The quantitative estimate of drug-likeness (QED) is 0.802. The van der Waals surface area contributed by atoms with Crippen molar-refractivity contribution in [2.24, 2.45) is 5.92 Å². The number of amides is 1. The lowest BCUT2D eigenvalue weighted by molar-refractivity contribution is 0.0686. The second-order valence-corrected chi connectivity index (χ2v) is 6.04. The topological polar surface area (TPSA) is 38.8 Å². The van der Waals surface area contributed by atoms with Gasteiger partial charge in [-0.05, 0) is 37.8 Å². The SMILES string of the molecule is COc1cccc(C(=O)N2CCC(C(C)Cl)CC2)c1OC. The second kappa shape index (κ2) is 7.03. The van der Waals surface area contributed by atoms with E-state index in [2.05, 4.69) is 0 Å². The first-order valence-corrected chi connectivity index (χ1v) is 7.66. The molecule has 0 aromatic heterocycles. The summed E-state index contributed by atoms with van der Waals surface area (Å²) in [5.41, 5.74) is 0.550. The van der Waals surface area contributed by atoms with E-state index in [4.69, 9.17) is 21.1 Å². The lowest BCUT2D eigenvalue weighted by Gasteiger charge is -2.33. The number of piperidine rings is 1. The van der Waals surface area contributed by atoms with E-state index in [-0.39, 0.29) is 11.3 Å². The van der Waals surface area contributed by atoms with E-state index >= 15 is 0 Å². The summed E-state index contributed by atoms with van der Waals surface area (Å²) in [6.07, 6.45) is 1.89. The zero-order chi connectivity index (χ0) is 15.4. The van der Waals surface area contributed by atoms with Gasteiger partial charge in [0, 0.05) is 18.5 Å². The highest BCUT2D eigenvalue weighted by molar-refractivity contribution is 6.20. The standard InChI is InChI=1S/C16H22ClNO3/c1-11(17)12-7-9-18(10-8-12)16(19)13-5-4-6-14(20-2)15(13)21-3/h4-6,11-12H,7-10H2,1-3H3. The van der Waals surface area contributed by atoms with Crippen LogP contribution >= 0.6 is 11.6 Å². The molecule has 1 aliphatic rings. The Morgan fingerprint density at radius 2 is 1.95 bits per heavy atom. The molecule has 4 nitrogen and oxygen atoms in total. The van der Waals surface area contributed by atoms with Crippen LogP contribution in [0.2, 0.25) is 0 Å². The van der Waals surface area contributed by atoms with E-state index in [1.807, 2.05) is 17.9 Å². The molecule has 0 spiro atoms. The minimum absolute atomic E-state index is 0.00794. The molecule has 116 valence electrons. The number of likely N-dealkylation sites (tertiary alicyclic amines) is 1. The molecule has 2 rings (SSSR count). The molecular formula is C16H22ClNO3. The van der Waals surface area contributed by atoms with Gasteiger partial charge in [0.2, 0.25) is 0 Å². The van der Waals surface area contributed by atoms with E-state index in [0.29, 0.717) is 23.0 Å². The van der Waals surface area contributed by atoms with Crippen LogP contribution in [0.3, 0.4) is 0 Å². The van der Waals surface area contributed by atoms with Crippen LogP contribution in [0.15, 0.2) is 18.2 Å². The van der Waals surface area contributed by atoms with Crippen LogP contribution < -0.4 is 9.47 Å². The largest absolute Gasteiger partial charge is 0.493 e. The molecule has 5 heteroatoms. The summed E-state index contributed by atoms with van der Waals surface area (Å²) in [4.78, 5) is 14.5. The van der Waals surface area contributed by atoms with Crippen molar-refractivity contribution in [3.63, 3.8) is 0 Å². The molecule has 0 radical (unpaired) electrons. The maximum absolute atomic E-state index is 12.7. The number of carbonyl (C=O) groups excluding carboxylic acids is 1. The van der Waals surface area contributed by atoms with Gasteiger partial charge in [-0.1, -0.05) is 6.07 Å². The predicted molar refractivity (Wildman–Crippen MR) is 83.5 cm³/mol. The Morgan fingerprint density at radius 1 is 1.29 bits per heavy atom. The Morgan fingerprint density at radius 3 is 2.48 bits per heavy atom. The van der Waals surface area contributed by atoms with E-state index in [0.717, 1.165) is 25.9 Å². The van der Waals surface area contributed by atoms with Crippen LogP contribution in [0.5, 0.6) is 11.5 Å². The number of carbonyl (C=O) groups is 1. The van der Waals surface area contributed by atoms with Gasteiger partial charge < -0.3 is 14.4 Å². The van der Waals surface area contributed by atoms with E-state index in [1.54, 1.807) is 26.4 Å². The minimum atomic E-state index is -0.00794. The van der Waals surface area contributed by atoms with Crippen molar-refractivity contribution < 1.29 is 14.3 Å². The molecule has 0 bridgehead atoms. The van der Waals surface area contributed by atoms with Crippen molar-refractivity contribution in [2.75, 3.05) is 27.3 Å². The molecule has 1 amide bonds. The lowest BCUT2D eigenvalue weighted by Crippen LogP contribution is -2.40. The number of hydrogen-bond acceptors (Lipinski definition) is 3. The zero-order valence-corrected chi connectivity index (χ0v) is 13.5. The number of hydrogen-bond donors (Lipinski definition) is 0. The molecule has 0 saturated carbocycles. The predicted octanol–water partition coefficient (Wildman–Crippen LogP) is 3.18. The Kier molecular flexibility index (Phi) is 5.34. The highest BCUT2D eigenvalue weighted by Gasteiger charge is 2.28. The molecule has 1 unspecified atom stereocenters. The number of nitrogens with zero attached hydrogens (tertiary/aromatic N) is 1. The van der Waals surface area contributed by atoms with Crippen molar-refractivity contribution in [1.82, 2.24) is 4.90 Å². The summed E-state index contributed by atoms with van der Waals surface area (Å²) in [6.45, 7) is 3.50. The van der Waals surface area contributed by atoms with Gasteiger partial charge in [0.1, 0.15) is 0 Å². The van der Waals surface area contributed by atoms with Crippen LogP contribution in [0, 0.1) is 5.92 Å². The summed E-state index contributed by atoms with van der Waals surface area (Å²) in [7, 11) is 3.12. The van der Waals surface area contributed by atoms with Crippen LogP contribution in [0.4, 0.5) is 0 Å². The zero-order valence-electron chi connectivity index (χ0n) is 12.8. The summed E-state index contributed by atoms with van der Waals surface area (Å²) in [6, 6.07) is 5.37. The van der Waals surface area contributed by atoms with Crippen molar-refractivity contribution in [3.8, 4) is 11.5 Å². The average Bonchev–Trinajstić information content (AvgIpc) is 2.53. The van der Waals surface area contributed by atoms with Gasteiger partial charge in [0.25, 0.3) is 5.91 Å². The van der Waals surface area contributed by atoms with E-state index in [1.165, 1.54) is 0 Å². The third-order valence-electron chi connectivity index (χ3n) is 4.11. The fraction of sp³-hybridized carbons (Fsp3) is 0.562.